The highest BCUT2D eigenvalue weighted by Crippen LogP contribution is 2.12. The Morgan fingerprint density at radius 3 is 3.00 bits per heavy atom. The molecule has 2 aromatic rings. The fraction of sp³-hybridized carbons (Fsp3) is 0.250. The summed E-state index contributed by atoms with van der Waals surface area (Å²) < 4.78 is 1.94. The molecule has 12 heavy (non-hydrogen) atoms. The van der Waals surface area contributed by atoms with Gasteiger partial charge in [0.2, 0.25) is 0 Å². The van der Waals surface area contributed by atoms with Crippen molar-refractivity contribution >= 4 is 24.6 Å². The summed E-state index contributed by atoms with van der Waals surface area (Å²) in [6, 6.07) is 0. The quantitative estimate of drug-likeness (QED) is 0.506. The Bertz CT molecular complexity index is 433. The Hall–Kier alpha value is -1.32. The minimum atomic E-state index is 0.469. The van der Waals surface area contributed by atoms with E-state index in [4.69, 9.17) is 7.85 Å². The number of fused-ring (bicyclic) bond motifs is 1. The van der Waals surface area contributed by atoms with E-state index in [-0.39, 0.29) is 0 Å². The molecule has 0 aliphatic rings. The molecule has 2 heterocycles. The molecule has 2 radical (unpaired) electrons. The zero-order valence-corrected chi connectivity index (χ0v) is 7.07. The highest BCUT2D eigenvalue weighted by atomic mass is 15.0. The Morgan fingerprint density at radius 2 is 2.25 bits per heavy atom. The molecule has 0 amide bonds. The smallest absolute Gasteiger partial charge is 0.158 e. The lowest BCUT2D eigenvalue weighted by molar-refractivity contribution is 0.943. The highest BCUT2D eigenvalue weighted by Gasteiger charge is 2.04. The summed E-state index contributed by atoms with van der Waals surface area (Å²) in [5.41, 5.74) is 3.34. The van der Waals surface area contributed by atoms with Crippen molar-refractivity contribution in [1.29, 1.82) is 0 Å². The lowest BCUT2D eigenvalue weighted by Gasteiger charge is -1.94. The summed E-state index contributed by atoms with van der Waals surface area (Å²) in [7, 11) is 7.46. The molecular formula is C8H8BN3. The summed E-state index contributed by atoms with van der Waals surface area (Å²) in [6.07, 6.45) is 3.56. The van der Waals surface area contributed by atoms with E-state index in [1.165, 1.54) is 0 Å². The van der Waals surface area contributed by atoms with Crippen LogP contribution in [0.1, 0.15) is 5.56 Å². The standard InChI is InChI=1S/C8H8BN3/c1-5-4-12(2)8-7(5)11-6(9)3-10-8/h3-4H,1-2H3. The Kier molecular flexibility index (Phi) is 1.43. The second kappa shape index (κ2) is 2.34. The van der Waals surface area contributed by atoms with Crippen LogP contribution in [0.25, 0.3) is 11.2 Å². The molecule has 0 N–H and O–H groups in total. The van der Waals surface area contributed by atoms with Crippen molar-refractivity contribution < 1.29 is 0 Å². The largest absolute Gasteiger partial charge is 0.334 e. The van der Waals surface area contributed by atoms with Crippen molar-refractivity contribution in [2.75, 3.05) is 0 Å². The second-order valence-corrected chi connectivity index (χ2v) is 2.89. The van der Waals surface area contributed by atoms with Gasteiger partial charge in [-0.1, -0.05) is 0 Å². The van der Waals surface area contributed by atoms with Gasteiger partial charge in [-0.05, 0) is 12.5 Å². The molecule has 0 saturated heterocycles. The second-order valence-electron chi connectivity index (χ2n) is 2.89. The Labute approximate surface area is 71.9 Å². The molecule has 0 aliphatic heterocycles. The first-order valence-electron chi connectivity index (χ1n) is 3.72. The molecule has 0 unspecified atom stereocenters. The lowest BCUT2D eigenvalue weighted by atomic mass is 10.1. The maximum atomic E-state index is 5.52. The zero-order valence-electron chi connectivity index (χ0n) is 7.07. The van der Waals surface area contributed by atoms with Crippen LogP contribution >= 0.6 is 0 Å². The Balaban J connectivity index is 2.90. The minimum absolute atomic E-state index is 0.469. The van der Waals surface area contributed by atoms with Crippen LogP contribution in [0.5, 0.6) is 0 Å². The molecule has 0 spiro atoms. The van der Waals surface area contributed by atoms with Crippen LogP contribution in [0, 0.1) is 6.92 Å². The number of rotatable bonds is 0. The number of hydrogen-bond acceptors (Lipinski definition) is 2. The summed E-state index contributed by atoms with van der Waals surface area (Å²) >= 11 is 0. The number of hydrogen-bond donors (Lipinski definition) is 0. The van der Waals surface area contributed by atoms with E-state index in [1.807, 2.05) is 24.7 Å². The third-order valence-corrected chi connectivity index (χ3v) is 1.87. The molecule has 0 saturated carbocycles. The third-order valence-electron chi connectivity index (χ3n) is 1.87. The van der Waals surface area contributed by atoms with E-state index in [0.29, 0.717) is 5.59 Å². The maximum Gasteiger partial charge on any atom is 0.158 e. The number of aryl methyl sites for hydroxylation is 2. The van der Waals surface area contributed by atoms with Gasteiger partial charge >= 0.3 is 0 Å². The molecular weight excluding hydrogens is 149 g/mol. The highest BCUT2D eigenvalue weighted by molar-refractivity contribution is 6.30. The van der Waals surface area contributed by atoms with Gasteiger partial charge < -0.3 is 4.57 Å². The predicted octanol–water partition coefficient (Wildman–Crippen LogP) is 0.0705. The van der Waals surface area contributed by atoms with Gasteiger partial charge in [0, 0.05) is 25.0 Å². The van der Waals surface area contributed by atoms with Crippen LogP contribution in [0.2, 0.25) is 0 Å². The van der Waals surface area contributed by atoms with Gasteiger partial charge in [0.15, 0.2) is 5.65 Å². The summed E-state index contributed by atoms with van der Waals surface area (Å²) in [5, 5.41) is 0. The van der Waals surface area contributed by atoms with Crippen molar-refractivity contribution in [3.8, 4) is 0 Å². The average Bonchev–Trinajstić information content (AvgIpc) is 2.28. The monoisotopic (exact) mass is 157 g/mol. The van der Waals surface area contributed by atoms with Gasteiger partial charge in [-0.3, -0.25) is 4.98 Å². The van der Waals surface area contributed by atoms with Gasteiger partial charge in [0.05, 0.1) is 0 Å². The first-order chi connectivity index (χ1) is 5.68. The molecule has 0 fully saturated rings. The van der Waals surface area contributed by atoms with Crippen LogP contribution in [0.15, 0.2) is 12.4 Å². The predicted molar refractivity (Wildman–Crippen MR) is 48.6 cm³/mol. The minimum Gasteiger partial charge on any atom is -0.334 e. The van der Waals surface area contributed by atoms with E-state index in [1.54, 1.807) is 6.20 Å². The molecule has 0 atom stereocenters. The number of aromatic nitrogens is 3. The summed E-state index contributed by atoms with van der Waals surface area (Å²) in [4.78, 5) is 8.37. The van der Waals surface area contributed by atoms with Crippen molar-refractivity contribution in [3.63, 3.8) is 0 Å². The Morgan fingerprint density at radius 1 is 1.50 bits per heavy atom. The fourth-order valence-electron chi connectivity index (χ4n) is 1.33. The first kappa shape index (κ1) is 7.34. The molecule has 4 heteroatoms. The lowest BCUT2D eigenvalue weighted by Crippen LogP contribution is -2.08. The van der Waals surface area contributed by atoms with E-state index >= 15 is 0 Å². The van der Waals surface area contributed by atoms with Gasteiger partial charge in [0.25, 0.3) is 0 Å². The van der Waals surface area contributed by atoms with Gasteiger partial charge in [-0.25, -0.2) is 4.98 Å². The first-order valence-corrected chi connectivity index (χ1v) is 3.72. The van der Waals surface area contributed by atoms with Crippen molar-refractivity contribution in [2.45, 2.75) is 6.92 Å². The molecule has 0 bridgehead atoms. The average molecular weight is 157 g/mol. The molecule has 3 nitrogen and oxygen atoms in total. The molecule has 0 aliphatic carbocycles. The zero-order chi connectivity index (χ0) is 8.72. The van der Waals surface area contributed by atoms with Crippen LogP contribution in [-0.2, 0) is 7.05 Å². The molecule has 2 aromatic heterocycles. The van der Waals surface area contributed by atoms with Crippen LogP contribution < -0.4 is 5.59 Å². The molecule has 58 valence electrons. The van der Waals surface area contributed by atoms with Crippen LogP contribution in [0.3, 0.4) is 0 Å². The maximum absolute atomic E-state index is 5.52. The van der Waals surface area contributed by atoms with Gasteiger partial charge in [0.1, 0.15) is 13.4 Å². The third kappa shape index (κ3) is 0.914. The van der Waals surface area contributed by atoms with Crippen molar-refractivity contribution in [1.82, 2.24) is 14.5 Å². The van der Waals surface area contributed by atoms with E-state index in [2.05, 4.69) is 9.97 Å². The molecule has 0 aromatic carbocycles. The van der Waals surface area contributed by atoms with Crippen LogP contribution in [-0.4, -0.2) is 22.4 Å². The van der Waals surface area contributed by atoms with E-state index < -0.39 is 0 Å². The van der Waals surface area contributed by atoms with E-state index in [0.717, 1.165) is 16.7 Å². The normalized spacial score (nSPS) is 10.8. The topological polar surface area (TPSA) is 30.7 Å². The van der Waals surface area contributed by atoms with E-state index in [9.17, 15) is 0 Å². The van der Waals surface area contributed by atoms with Crippen LogP contribution in [0.4, 0.5) is 0 Å². The summed E-state index contributed by atoms with van der Waals surface area (Å²) in [6.45, 7) is 2.00. The summed E-state index contributed by atoms with van der Waals surface area (Å²) in [5.74, 6) is 0. The van der Waals surface area contributed by atoms with Gasteiger partial charge in [-0.2, -0.15) is 0 Å². The van der Waals surface area contributed by atoms with Gasteiger partial charge in [-0.15, -0.1) is 0 Å². The van der Waals surface area contributed by atoms with Crippen molar-refractivity contribution in [2.24, 2.45) is 7.05 Å². The fourth-order valence-corrected chi connectivity index (χ4v) is 1.33. The number of nitrogens with zero attached hydrogens (tertiary/aromatic N) is 3. The SMILES string of the molecule is [B]c1cnc2c(n1)c(C)cn2C. The molecule has 2 rings (SSSR count). The van der Waals surface area contributed by atoms with Crippen molar-refractivity contribution in [3.05, 3.63) is 18.0 Å².